The van der Waals surface area contributed by atoms with Crippen molar-refractivity contribution >= 4 is 0 Å². The molecule has 1 atom stereocenters. The van der Waals surface area contributed by atoms with Crippen LogP contribution < -0.4 is 5.73 Å². The van der Waals surface area contributed by atoms with Gasteiger partial charge in [-0.1, -0.05) is 0 Å². The second-order valence-electron chi connectivity index (χ2n) is 7.66. The van der Waals surface area contributed by atoms with Crippen LogP contribution in [-0.4, -0.2) is 0 Å². The molecule has 1 unspecified atom stereocenters. The summed E-state index contributed by atoms with van der Waals surface area (Å²) in [5.41, 5.74) is 7.49. The zero-order chi connectivity index (χ0) is 14.7. The predicted molar refractivity (Wildman–Crippen MR) is 78.6 cm³/mol. The lowest BCUT2D eigenvalue weighted by atomic mass is 9.50. The van der Waals surface area contributed by atoms with Crippen LogP contribution >= 0.6 is 0 Å². The Morgan fingerprint density at radius 3 is 2.10 bits per heavy atom. The van der Waals surface area contributed by atoms with Crippen LogP contribution in [0.2, 0.25) is 0 Å². The molecule has 4 aliphatic carbocycles. The highest BCUT2D eigenvalue weighted by Gasteiger charge is 2.50. The third-order valence-electron chi connectivity index (χ3n) is 6.35. The summed E-state index contributed by atoms with van der Waals surface area (Å²) in [7, 11) is 0. The molecule has 2 N–H and O–H groups in total. The predicted octanol–water partition coefficient (Wildman–Crippen LogP) is 4.35. The minimum atomic E-state index is -0.478. The molecular weight excluding hydrogens is 268 g/mol. The van der Waals surface area contributed by atoms with Gasteiger partial charge in [0.1, 0.15) is 11.6 Å². The maximum Gasteiger partial charge on any atom is 0.130 e. The Bertz CT molecular complexity index is 541. The van der Waals surface area contributed by atoms with Crippen molar-refractivity contribution in [1.82, 2.24) is 0 Å². The molecule has 0 heterocycles. The molecule has 1 aromatic rings. The smallest absolute Gasteiger partial charge is 0.130 e. The summed E-state index contributed by atoms with van der Waals surface area (Å²) in [5.74, 6) is 2.51. The molecule has 5 rings (SSSR count). The molecule has 1 nitrogen and oxygen atoms in total. The number of benzene rings is 1. The maximum atomic E-state index is 14.2. The van der Waals surface area contributed by atoms with Crippen molar-refractivity contribution in [2.24, 2.45) is 35.3 Å². The lowest BCUT2D eigenvalue weighted by molar-refractivity contribution is -0.0475. The van der Waals surface area contributed by atoms with E-state index < -0.39 is 11.6 Å². The fourth-order valence-electron chi connectivity index (χ4n) is 5.70. The van der Waals surface area contributed by atoms with E-state index in [1.54, 1.807) is 13.0 Å². The van der Waals surface area contributed by atoms with Gasteiger partial charge in [0.05, 0.1) is 0 Å². The van der Waals surface area contributed by atoms with E-state index in [0.717, 1.165) is 17.9 Å². The van der Waals surface area contributed by atoms with Gasteiger partial charge in [-0.05, 0) is 80.2 Å². The molecule has 0 spiro atoms. The van der Waals surface area contributed by atoms with E-state index in [4.69, 9.17) is 5.73 Å². The number of nitrogens with two attached hydrogens (primary N) is 1. The summed E-state index contributed by atoms with van der Waals surface area (Å²) in [5, 5.41) is 0. The van der Waals surface area contributed by atoms with Crippen molar-refractivity contribution in [3.8, 4) is 0 Å². The molecule has 4 fully saturated rings. The third-order valence-corrected chi connectivity index (χ3v) is 6.35. The van der Waals surface area contributed by atoms with E-state index in [2.05, 4.69) is 0 Å². The Morgan fingerprint density at radius 1 is 0.952 bits per heavy atom. The lowest BCUT2D eigenvalue weighted by Gasteiger charge is -2.56. The minimum Gasteiger partial charge on any atom is -0.324 e. The summed E-state index contributed by atoms with van der Waals surface area (Å²) in [4.78, 5) is 0. The van der Waals surface area contributed by atoms with Crippen LogP contribution in [0.15, 0.2) is 12.1 Å². The Balaban J connectivity index is 1.66. The second-order valence-corrected chi connectivity index (χ2v) is 7.66. The van der Waals surface area contributed by atoms with Crippen molar-refractivity contribution in [2.75, 3.05) is 0 Å². The molecule has 114 valence electrons. The summed E-state index contributed by atoms with van der Waals surface area (Å²) >= 11 is 0. The second kappa shape index (κ2) is 4.77. The SMILES string of the molecule is Cc1cc(C(N)C2C3CC4CC(C3)CC2C4)c(F)cc1F. The third kappa shape index (κ3) is 2.12. The molecule has 4 aliphatic rings. The molecule has 0 aliphatic heterocycles. The Morgan fingerprint density at radius 2 is 1.52 bits per heavy atom. The van der Waals surface area contributed by atoms with Gasteiger partial charge in [-0.2, -0.15) is 0 Å². The van der Waals surface area contributed by atoms with Crippen molar-refractivity contribution in [3.05, 3.63) is 34.9 Å². The van der Waals surface area contributed by atoms with Crippen LogP contribution in [0.4, 0.5) is 8.78 Å². The molecule has 3 heteroatoms. The number of hydrogen-bond donors (Lipinski definition) is 1. The highest BCUT2D eigenvalue weighted by atomic mass is 19.1. The average molecular weight is 291 g/mol. The van der Waals surface area contributed by atoms with Crippen LogP contribution in [0.5, 0.6) is 0 Å². The van der Waals surface area contributed by atoms with Crippen LogP contribution in [0.3, 0.4) is 0 Å². The molecule has 0 saturated heterocycles. The Hall–Kier alpha value is -0.960. The van der Waals surface area contributed by atoms with Crippen LogP contribution in [0.1, 0.15) is 49.3 Å². The largest absolute Gasteiger partial charge is 0.324 e. The lowest BCUT2D eigenvalue weighted by Crippen LogP contribution is -2.48. The molecule has 0 amide bonds. The van der Waals surface area contributed by atoms with Gasteiger partial charge >= 0.3 is 0 Å². The first-order valence-electron chi connectivity index (χ1n) is 8.24. The first-order valence-corrected chi connectivity index (χ1v) is 8.24. The van der Waals surface area contributed by atoms with Gasteiger partial charge in [0.15, 0.2) is 0 Å². The molecule has 1 aromatic carbocycles. The van der Waals surface area contributed by atoms with Crippen molar-refractivity contribution in [3.63, 3.8) is 0 Å². The highest BCUT2D eigenvalue weighted by molar-refractivity contribution is 5.29. The van der Waals surface area contributed by atoms with E-state index in [1.165, 1.54) is 32.1 Å². The van der Waals surface area contributed by atoms with Crippen LogP contribution in [0, 0.1) is 48.1 Å². The quantitative estimate of drug-likeness (QED) is 0.861. The fraction of sp³-hybridized carbons (Fsp3) is 0.667. The van der Waals surface area contributed by atoms with Gasteiger partial charge in [-0.3, -0.25) is 0 Å². The highest BCUT2D eigenvalue weighted by Crippen LogP contribution is 2.59. The fourth-order valence-corrected chi connectivity index (χ4v) is 5.70. The number of rotatable bonds is 2. The minimum absolute atomic E-state index is 0.278. The molecule has 4 saturated carbocycles. The normalized spacial score (nSPS) is 38.8. The van der Waals surface area contributed by atoms with E-state index in [9.17, 15) is 8.78 Å². The van der Waals surface area contributed by atoms with Gasteiger partial charge in [0.25, 0.3) is 0 Å². The maximum absolute atomic E-state index is 14.2. The topological polar surface area (TPSA) is 26.0 Å². The summed E-state index contributed by atoms with van der Waals surface area (Å²) in [6.45, 7) is 1.68. The van der Waals surface area contributed by atoms with Crippen LogP contribution in [0.25, 0.3) is 0 Å². The van der Waals surface area contributed by atoms with E-state index >= 15 is 0 Å². The van der Waals surface area contributed by atoms with E-state index in [0.29, 0.717) is 28.9 Å². The van der Waals surface area contributed by atoms with E-state index in [-0.39, 0.29) is 6.04 Å². The Labute approximate surface area is 124 Å². The molecular formula is C18H23F2N. The summed E-state index contributed by atoms with van der Waals surface area (Å²) in [6.07, 6.45) is 6.49. The molecule has 4 bridgehead atoms. The standard InChI is InChI=1S/C18H23F2N/c1-9-2-14(16(20)8-15(9)19)18(21)17-12-4-10-3-11(6-12)7-13(17)5-10/h2,8,10-13,17-18H,3-7,21H2,1H3. The Kier molecular flexibility index (Phi) is 3.11. The summed E-state index contributed by atoms with van der Waals surface area (Å²) in [6, 6.07) is 2.35. The molecule has 0 aromatic heterocycles. The van der Waals surface area contributed by atoms with Gasteiger partial charge < -0.3 is 5.73 Å². The number of aryl methyl sites for hydroxylation is 1. The van der Waals surface area contributed by atoms with Crippen molar-refractivity contribution in [2.45, 2.75) is 45.1 Å². The zero-order valence-electron chi connectivity index (χ0n) is 12.5. The first kappa shape index (κ1) is 13.7. The monoisotopic (exact) mass is 291 g/mol. The van der Waals surface area contributed by atoms with Crippen molar-refractivity contribution in [1.29, 1.82) is 0 Å². The zero-order valence-corrected chi connectivity index (χ0v) is 12.5. The molecule has 0 radical (unpaired) electrons. The van der Waals surface area contributed by atoms with Gasteiger partial charge in [0, 0.05) is 17.7 Å². The molecule has 21 heavy (non-hydrogen) atoms. The van der Waals surface area contributed by atoms with Gasteiger partial charge in [0.2, 0.25) is 0 Å². The van der Waals surface area contributed by atoms with Crippen LogP contribution in [-0.2, 0) is 0 Å². The number of halogens is 2. The average Bonchev–Trinajstić information content (AvgIpc) is 2.41. The van der Waals surface area contributed by atoms with Gasteiger partial charge in [-0.25, -0.2) is 8.78 Å². The van der Waals surface area contributed by atoms with E-state index in [1.807, 2.05) is 0 Å². The van der Waals surface area contributed by atoms with Gasteiger partial charge in [-0.15, -0.1) is 0 Å². The summed E-state index contributed by atoms with van der Waals surface area (Å²) < 4.78 is 27.6. The number of hydrogen-bond acceptors (Lipinski definition) is 1. The first-order chi connectivity index (χ1) is 10.0. The van der Waals surface area contributed by atoms with Crippen molar-refractivity contribution < 1.29 is 8.78 Å².